The summed E-state index contributed by atoms with van der Waals surface area (Å²) in [7, 11) is 0. The van der Waals surface area contributed by atoms with E-state index in [9.17, 15) is 0 Å². The summed E-state index contributed by atoms with van der Waals surface area (Å²) in [4.78, 5) is 0. The van der Waals surface area contributed by atoms with E-state index < -0.39 is 0 Å². The Morgan fingerprint density at radius 2 is 1.19 bits per heavy atom. The smallest absolute Gasteiger partial charge is 0.161 e. The Hall–Kier alpha value is -2.48. The van der Waals surface area contributed by atoms with Gasteiger partial charge in [0.15, 0.2) is 23.0 Å². The van der Waals surface area contributed by atoms with Crippen LogP contribution in [-0.2, 0) is 20.3 Å². The van der Waals surface area contributed by atoms with Crippen molar-refractivity contribution in [3.63, 3.8) is 0 Å². The molecule has 0 amide bonds. The maximum atomic E-state index is 6.29. The first-order valence-electron chi connectivity index (χ1n) is 13.3. The van der Waals surface area contributed by atoms with Gasteiger partial charge in [0.25, 0.3) is 0 Å². The quantitative estimate of drug-likeness (QED) is 0.556. The van der Waals surface area contributed by atoms with Gasteiger partial charge in [-0.1, -0.05) is 53.7 Å². The molecule has 0 spiro atoms. The average molecular weight is 516 g/mol. The van der Waals surface area contributed by atoms with Gasteiger partial charge in [0.2, 0.25) is 0 Å². The van der Waals surface area contributed by atoms with Gasteiger partial charge in [0.05, 0.1) is 13.2 Å². The number of hydrogen-bond acceptors (Lipinski definition) is 7. The Bertz CT molecular complexity index is 979. The van der Waals surface area contributed by atoms with Crippen molar-refractivity contribution in [2.24, 2.45) is 5.73 Å². The molecule has 1 unspecified atom stereocenters. The molecule has 0 fully saturated rings. The summed E-state index contributed by atoms with van der Waals surface area (Å²) in [5.41, 5.74) is 7.99. The number of rotatable bonds is 4. The van der Waals surface area contributed by atoms with Crippen LogP contribution in [0.25, 0.3) is 0 Å². The molecule has 7 heteroatoms. The zero-order chi connectivity index (χ0) is 26.9. The fraction of sp³-hybridized carbons (Fsp3) is 0.600. The average Bonchev–Trinajstić information content (AvgIpc) is 2.83. The summed E-state index contributed by atoms with van der Waals surface area (Å²) in [6, 6.07) is 12.2. The van der Waals surface area contributed by atoms with Gasteiger partial charge in [-0.2, -0.15) is 0 Å². The third kappa shape index (κ3) is 9.09. The summed E-state index contributed by atoms with van der Waals surface area (Å²) in [6.45, 7) is 16.5. The Kier molecular flexibility index (Phi) is 10.5. The monoisotopic (exact) mass is 515 g/mol. The van der Waals surface area contributed by atoms with Gasteiger partial charge in [0, 0.05) is 6.61 Å². The van der Waals surface area contributed by atoms with E-state index in [0.29, 0.717) is 75.8 Å². The van der Waals surface area contributed by atoms with Gasteiger partial charge in [-0.05, 0) is 59.2 Å². The van der Waals surface area contributed by atoms with Crippen molar-refractivity contribution in [1.29, 1.82) is 0 Å². The second-order valence-corrected chi connectivity index (χ2v) is 11.4. The van der Waals surface area contributed by atoms with Crippen LogP contribution in [0.2, 0.25) is 0 Å². The minimum absolute atomic E-state index is 0.0114. The largest absolute Gasteiger partial charge is 0.487 e. The molecule has 1 aliphatic heterocycles. The number of fused-ring (bicyclic) bond motifs is 2. The van der Waals surface area contributed by atoms with E-state index in [1.165, 1.54) is 5.56 Å². The second-order valence-electron chi connectivity index (χ2n) is 11.4. The first-order chi connectivity index (χ1) is 17.6. The van der Waals surface area contributed by atoms with E-state index in [2.05, 4.69) is 53.7 Å². The molecule has 7 nitrogen and oxygen atoms in total. The van der Waals surface area contributed by atoms with Gasteiger partial charge in [-0.15, -0.1) is 0 Å². The van der Waals surface area contributed by atoms with Crippen LogP contribution in [0.15, 0.2) is 36.4 Å². The lowest BCUT2D eigenvalue weighted by Crippen LogP contribution is -2.30. The van der Waals surface area contributed by atoms with Crippen LogP contribution >= 0.6 is 0 Å². The van der Waals surface area contributed by atoms with Crippen LogP contribution in [0, 0.1) is 0 Å². The summed E-state index contributed by atoms with van der Waals surface area (Å²) >= 11 is 0. The van der Waals surface area contributed by atoms with Crippen molar-refractivity contribution in [2.75, 3.05) is 52.8 Å². The molecule has 0 saturated carbocycles. The standard InChI is InChI=1S/C30H45NO6/c1-29(2,3)22-9-11-26-27(18-22)35-17-15-32-14-16-34-25-10-8-23(30(4,5)6)19-28(25)37-21-24(20-36-26)33-13-7-12-31/h8-11,18-19,24H,7,12-17,20-21,31H2,1-6H3. The summed E-state index contributed by atoms with van der Waals surface area (Å²) < 4.78 is 36.5. The Balaban J connectivity index is 1.85. The van der Waals surface area contributed by atoms with Crippen LogP contribution in [0.3, 0.4) is 0 Å². The molecule has 2 aromatic carbocycles. The minimum atomic E-state index is -0.302. The molecule has 37 heavy (non-hydrogen) atoms. The van der Waals surface area contributed by atoms with E-state index in [1.807, 2.05) is 24.3 Å². The SMILES string of the molecule is CC(C)(C)c1ccc2c(c1)OCCOCCOc1ccc(C(C)(C)C)cc1OCC(OCCCN)CO2. The fourth-order valence-electron chi connectivity index (χ4n) is 3.78. The molecule has 0 radical (unpaired) electrons. The zero-order valence-electron chi connectivity index (χ0n) is 23.4. The molecule has 0 saturated heterocycles. The zero-order valence-corrected chi connectivity index (χ0v) is 23.4. The van der Waals surface area contributed by atoms with Crippen molar-refractivity contribution >= 4 is 0 Å². The molecule has 1 atom stereocenters. The van der Waals surface area contributed by atoms with Crippen LogP contribution in [-0.4, -0.2) is 58.9 Å². The van der Waals surface area contributed by atoms with Crippen LogP contribution < -0.4 is 24.7 Å². The first-order valence-corrected chi connectivity index (χ1v) is 13.3. The third-order valence-electron chi connectivity index (χ3n) is 6.14. The van der Waals surface area contributed by atoms with Crippen molar-refractivity contribution < 1.29 is 28.4 Å². The third-order valence-corrected chi connectivity index (χ3v) is 6.14. The lowest BCUT2D eigenvalue weighted by molar-refractivity contribution is -0.00936. The molecule has 1 aliphatic rings. The van der Waals surface area contributed by atoms with E-state index in [-0.39, 0.29) is 16.9 Å². The molecule has 2 aromatic rings. The minimum Gasteiger partial charge on any atom is -0.487 e. The number of ether oxygens (including phenoxy) is 6. The van der Waals surface area contributed by atoms with E-state index in [0.717, 1.165) is 12.0 Å². The maximum Gasteiger partial charge on any atom is 0.161 e. The lowest BCUT2D eigenvalue weighted by atomic mass is 9.87. The summed E-state index contributed by atoms with van der Waals surface area (Å²) in [6.07, 6.45) is 0.461. The van der Waals surface area contributed by atoms with Crippen molar-refractivity contribution in [2.45, 2.75) is 64.9 Å². The van der Waals surface area contributed by atoms with E-state index in [4.69, 9.17) is 34.2 Å². The molecule has 1 heterocycles. The van der Waals surface area contributed by atoms with Gasteiger partial charge in [-0.25, -0.2) is 0 Å². The first kappa shape index (κ1) is 29.1. The van der Waals surface area contributed by atoms with Crippen molar-refractivity contribution in [1.82, 2.24) is 0 Å². The van der Waals surface area contributed by atoms with Gasteiger partial charge in [-0.3, -0.25) is 0 Å². The molecule has 0 bridgehead atoms. The molecular weight excluding hydrogens is 470 g/mol. The van der Waals surface area contributed by atoms with Crippen LogP contribution in [0.1, 0.15) is 59.1 Å². The van der Waals surface area contributed by atoms with Gasteiger partial charge < -0.3 is 34.2 Å². The van der Waals surface area contributed by atoms with Gasteiger partial charge in [0.1, 0.15) is 32.5 Å². The summed E-state index contributed by atoms with van der Waals surface area (Å²) in [5, 5.41) is 0. The molecule has 0 aromatic heterocycles. The predicted octanol–water partition coefficient (Wildman–Crippen LogP) is 5.26. The normalized spacial score (nSPS) is 17.9. The topological polar surface area (TPSA) is 81.4 Å². The second kappa shape index (κ2) is 13.4. The van der Waals surface area contributed by atoms with Crippen molar-refractivity contribution in [3.8, 4) is 23.0 Å². The molecule has 2 N–H and O–H groups in total. The predicted molar refractivity (Wildman–Crippen MR) is 146 cm³/mol. The highest BCUT2D eigenvalue weighted by Gasteiger charge is 2.21. The van der Waals surface area contributed by atoms with Crippen LogP contribution in [0.5, 0.6) is 23.0 Å². The molecule has 206 valence electrons. The Morgan fingerprint density at radius 1 is 0.703 bits per heavy atom. The number of hydrogen-bond donors (Lipinski definition) is 1. The molecule has 0 aliphatic carbocycles. The lowest BCUT2D eigenvalue weighted by Gasteiger charge is -2.25. The Labute approximate surface area is 222 Å². The Morgan fingerprint density at radius 3 is 1.73 bits per heavy atom. The van der Waals surface area contributed by atoms with Crippen LogP contribution in [0.4, 0.5) is 0 Å². The highest BCUT2D eigenvalue weighted by atomic mass is 16.6. The van der Waals surface area contributed by atoms with Gasteiger partial charge >= 0.3 is 0 Å². The molecular formula is C30H45NO6. The summed E-state index contributed by atoms with van der Waals surface area (Å²) in [5.74, 6) is 2.74. The number of benzene rings is 2. The van der Waals surface area contributed by atoms with Crippen molar-refractivity contribution in [3.05, 3.63) is 47.5 Å². The molecule has 3 rings (SSSR count). The fourth-order valence-corrected chi connectivity index (χ4v) is 3.78. The van der Waals surface area contributed by atoms with E-state index in [1.54, 1.807) is 0 Å². The maximum absolute atomic E-state index is 6.29. The highest BCUT2D eigenvalue weighted by Crippen LogP contribution is 2.35. The highest BCUT2D eigenvalue weighted by molar-refractivity contribution is 5.46. The van der Waals surface area contributed by atoms with E-state index >= 15 is 0 Å². The number of nitrogens with two attached hydrogens (primary N) is 1.